The molecule has 0 saturated carbocycles. The highest BCUT2D eigenvalue weighted by Crippen LogP contribution is 2.40. The Morgan fingerprint density at radius 1 is 0.714 bits per heavy atom. The van der Waals surface area contributed by atoms with E-state index in [2.05, 4.69) is 111 Å². The first kappa shape index (κ1) is 20.2. The Labute approximate surface area is 169 Å². The lowest BCUT2D eigenvalue weighted by atomic mass is 9.76. The Balaban J connectivity index is 1.89. The molecule has 0 aliphatic rings. The minimum absolute atomic E-state index is 0.324. The van der Waals surface area contributed by atoms with E-state index in [9.17, 15) is 0 Å². The van der Waals surface area contributed by atoms with Crippen LogP contribution in [-0.4, -0.2) is 32.1 Å². The smallest absolute Gasteiger partial charge is 0.119 e. The second-order valence-corrected chi connectivity index (χ2v) is 7.53. The average molecular weight is 374 g/mol. The predicted octanol–water partition coefficient (Wildman–Crippen LogP) is 5.95. The standard InChI is InChI=1S/C26H31NO/c1-4-25(21-11-7-5-8-12-21)26(22-13-9-6-10-14-22)23-15-17-24(18-16-23)28-20-19-27(2)3/h5-18,25-26H,4,19-20H2,1-3H3/t25-,26-/m1/s1. The fourth-order valence-electron chi connectivity index (χ4n) is 3.80. The van der Waals surface area contributed by atoms with E-state index in [4.69, 9.17) is 4.74 Å². The van der Waals surface area contributed by atoms with Gasteiger partial charge in [0.1, 0.15) is 12.4 Å². The van der Waals surface area contributed by atoms with Crippen LogP contribution in [0.1, 0.15) is 41.9 Å². The van der Waals surface area contributed by atoms with Crippen molar-refractivity contribution < 1.29 is 4.74 Å². The highest BCUT2D eigenvalue weighted by molar-refractivity contribution is 5.40. The van der Waals surface area contributed by atoms with Gasteiger partial charge in [-0.1, -0.05) is 79.7 Å². The van der Waals surface area contributed by atoms with Crippen molar-refractivity contribution in [2.24, 2.45) is 0 Å². The maximum Gasteiger partial charge on any atom is 0.119 e. The van der Waals surface area contributed by atoms with E-state index in [-0.39, 0.29) is 0 Å². The molecule has 0 unspecified atom stereocenters. The second kappa shape index (κ2) is 10.1. The molecule has 146 valence electrons. The van der Waals surface area contributed by atoms with Crippen LogP contribution in [0.25, 0.3) is 0 Å². The number of benzene rings is 3. The monoisotopic (exact) mass is 373 g/mol. The maximum absolute atomic E-state index is 5.89. The average Bonchev–Trinajstić information content (AvgIpc) is 2.73. The number of nitrogens with zero attached hydrogens (tertiary/aromatic N) is 1. The molecule has 3 aromatic rings. The Morgan fingerprint density at radius 3 is 1.79 bits per heavy atom. The lowest BCUT2D eigenvalue weighted by Gasteiger charge is -2.28. The van der Waals surface area contributed by atoms with Crippen LogP contribution in [0.3, 0.4) is 0 Å². The van der Waals surface area contributed by atoms with Crippen LogP contribution in [0, 0.1) is 0 Å². The summed E-state index contributed by atoms with van der Waals surface area (Å²) in [5.41, 5.74) is 4.09. The van der Waals surface area contributed by atoms with Crippen LogP contribution in [-0.2, 0) is 0 Å². The largest absolute Gasteiger partial charge is 0.492 e. The molecule has 0 spiro atoms. The highest BCUT2D eigenvalue weighted by atomic mass is 16.5. The molecule has 0 bridgehead atoms. The summed E-state index contributed by atoms with van der Waals surface area (Å²) in [7, 11) is 4.12. The molecule has 2 atom stereocenters. The minimum Gasteiger partial charge on any atom is -0.492 e. The first-order valence-corrected chi connectivity index (χ1v) is 10.2. The quantitative estimate of drug-likeness (QED) is 0.459. The van der Waals surface area contributed by atoms with E-state index < -0.39 is 0 Å². The summed E-state index contributed by atoms with van der Waals surface area (Å²) in [4.78, 5) is 2.13. The molecule has 3 rings (SSSR count). The van der Waals surface area contributed by atoms with Crippen molar-refractivity contribution in [2.45, 2.75) is 25.2 Å². The van der Waals surface area contributed by atoms with Crippen LogP contribution in [0.4, 0.5) is 0 Å². The molecule has 0 saturated heterocycles. The van der Waals surface area contributed by atoms with E-state index in [1.165, 1.54) is 16.7 Å². The van der Waals surface area contributed by atoms with Crippen molar-refractivity contribution in [1.82, 2.24) is 4.90 Å². The summed E-state index contributed by atoms with van der Waals surface area (Å²) < 4.78 is 5.89. The van der Waals surface area contributed by atoms with E-state index in [1.54, 1.807) is 0 Å². The van der Waals surface area contributed by atoms with Gasteiger partial charge < -0.3 is 9.64 Å². The predicted molar refractivity (Wildman–Crippen MR) is 118 cm³/mol. The topological polar surface area (TPSA) is 12.5 Å². The van der Waals surface area contributed by atoms with Gasteiger partial charge in [-0.15, -0.1) is 0 Å². The zero-order valence-electron chi connectivity index (χ0n) is 17.2. The van der Waals surface area contributed by atoms with Crippen molar-refractivity contribution in [3.8, 4) is 5.75 Å². The van der Waals surface area contributed by atoms with Gasteiger partial charge in [0.25, 0.3) is 0 Å². The zero-order chi connectivity index (χ0) is 19.8. The Bertz CT molecular complexity index is 812. The molecular formula is C26H31NO. The first-order chi connectivity index (χ1) is 13.7. The summed E-state index contributed by atoms with van der Waals surface area (Å²) >= 11 is 0. The molecule has 0 aromatic heterocycles. The van der Waals surface area contributed by atoms with Gasteiger partial charge in [-0.05, 0) is 55.3 Å². The van der Waals surface area contributed by atoms with Gasteiger partial charge in [-0.3, -0.25) is 0 Å². The summed E-state index contributed by atoms with van der Waals surface area (Å²) in [6, 6.07) is 30.4. The number of likely N-dealkylation sites (N-methyl/N-ethyl adjacent to an activating group) is 1. The number of hydrogen-bond acceptors (Lipinski definition) is 2. The SMILES string of the molecule is CC[C@H](c1ccccc1)[C@H](c1ccccc1)c1ccc(OCCN(C)C)cc1. The Hall–Kier alpha value is -2.58. The normalized spacial score (nSPS) is 13.3. The van der Waals surface area contributed by atoms with Gasteiger partial charge in [0.05, 0.1) is 0 Å². The second-order valence-electron chi connectivity index (χ2n) is 7.53. The lowest BCUT2D eigenvalue weighted by molar-refractivity contribution is 0.261. The lowest BCUT2D eigenvalue weighted by Crippen LogP contribution is -2.19. The summed E-state index contributed by atoms with van der Waals surface area (Å²) in [5.74, 6) is 1.69. The molecule has 3 aromatic carbocycles. The third-order valence-corrected chi connectivity index (χ3v) is 5.28. The third-order valence-electron chi connectivity index (χ3n) is 5.28. The van der Waals surface area contributed by atoms with E-state index >= 15 is 0 Å². The van der Waals surface area contributed by atoms with Crippen LogP contribution in [0.2, 0.25) is 0 Å². The molecular weight excluding hydrogens is 342 g/mol. The Morgan fingerprint density at radius 2 is 1.25 bits per heavy atom. The molecule has 2 nitrogen and oxygen atoms in total. The highest BCUT2D eigenvalue weighted by Gasteiger charge is 2.25. The van der Waals surface area contributed by atoms with Crippen molar-refractivity contribution in [3.63, 3.8) is 0 Å². The van der Waals surface area contributed by atoms with Crippen molar-refractivity contribution in [2.75, 3.05) is 27.2 Å². The molecule has 0 aliphatic heterocycles. The number of hydrogen-bond donors (Lipinski definition) is 0. The molecule has 0 heterocycles. The van der Waals surface area contributed by atoms with Crippen molar-refractivity contribution in [1.29, 1.82) is 0 Å². The molecule has 0 radical (unpaired) electrons. The number of ether oxygens (including phenoxy) is 1. The van der Waals surface area contributed by atoms with Gasteiger partial charge >= 0.3 is 0 Å². The van der Waals surface area contributed by atoms with Gasteiger partial charge in [-0.25, -0.2) is 0 Å². The zero-order valence-corrected chi connectivity index (χ0v) is 17.2. The fraction of sp³-hybridized carbons (Fsp3) is 0.308. The third kappa shape index (κ3) is 5.24. The van der Waals surface area contributed by atoms with Gasteiger partial charge in [0, 0.05) is 12.5 Å². The van der Waals surface area contributed by atoms with Crippen molar-refractivity contribution in [3.05, 3.63) is 102 Å². The van der Waals surface area contributed by atoms with Crippen LogP contribution in [0.5, 0.6) is 5.75 Å². The molecule has 2 heteroatoms. The maximum atomic E-state index is 5.89. The van der Waals surface area contributed by atoms with Crippen LogP contribution < -0.4 is 4.74 Å². The van der Waals surface area contributed by atoms with Crippen molar-refractivity contribution >= 4 is 0 Å². The Kier molecular flexibility index (Phi) is 7.27. The van der Waals surface area contributed by atoms with E-state index in [0.717, 1.165) is 18.7 Å². The van der Waals surface area contributed by atoms with Gasteiger partial charge in [0.2, 0.25) is 0 Å². The summed E-state index contributed by atoms with van der Waals surface area (Å²) in [6.45, 7) is 3.91. The van der Waals surface area contributed by atoms with E-state index in [0.29, 0.717) is 18.4 Å². The molecule has 0 amide bonds. The number of rotatable bonds is 9. The molecule has 0 aliphatic carbocycles. The summed E-state index contributed by atoms with van der Waals surface area (Å²) in [6.07, 6.45) is 1.09. The summed E-state index contributed by atoms with van der Waals surface area (Å²) in [5, 5.41) is 0. The fourth-order valence-corrected chi connectivity index (χ4v) is 3.80. The first-order valence-electron chi connectivity index (χ1n) is 10.2. The molecule has 0 N–H and O–H groups in total. The van der Waals surface area contributed by atoms with E-state index in [1.807, 2.05) is 0 Å². The van der Waals surface area contributed by atoms with Crippen LogP contribution in [0.15, 0.2) is 84.9 Å². The molecule has 0 fully saturated rings. The van der Waals surface area contributed by atoms with Crippen LogP contribution >= 0.6 is 0 Å². The molecule has 28 heavy (non-hydrogen) atoms. The van der Waals surface area contributed by atoms with Gasteiger partial charge in [-0.2, -0.15) is 0 Å². The minimum atomic E-state index is 0.324. The van der Waals surface area contributed by atoms with Gasteiger partial charge in [0.15, 0.2) is 0 Å².